The van der Waals surface area contributed by atoms with Crippen LogP contribution in [-0.4, -0.2) is 34.9 Å². The summed E-state index contributed by atoms with van der Waals surface area (Å²) in [6.45, 7) is 4.26. The lowest BCUT2D eigenvalue weighted by atomic mass is 9.98. The van der Waals surface area contributed by atoms with E-state index in [9.17, 15) is 4.79 Å². The van der Waals surface area contributed by atoms with Gasteiger partial charge in [-0.15, -0.1) is 0 Å². The normalized spacial score (nSPS) is 16.1. The Morgan fingerprint density at radius 1 is 1.15 bits per heavy atom. The maximum Gasteiger partial charge on any atom is 0.237 e. The fraction of sp³-hybridized carbons (Fsp3) is 0.261. The number of aromatic amines is 1. The number of nitrogens with zero attached hydrogens (tertiary/aromatic N) is 1. The molecule has 0 saturated carbocycles. The number of para-hydroxylation sites is 1. The topological polar surface area (TPSA) is 48.1 Å². The van der Waals surface area contributed by atoms with E-state index in [2.05, 4.69) is 51.7 Å². The first-order chi connectivity index (χ1) is 13.2. The molecule has 4 rings (SSSR count). The highest BCUT2D eigenvalue weighted by molar-refractivity contribution is 5.92. The molecule has 0 radical (unpaired) electrons. The second kappa shape index (κ2) is 7.80. The zero-order chi connectivity index (χ0) is 18.6. The van der Waals surface area contributed by atoms with Gasteiger partial charge in [-0.1, -0.05) is 54.6 Å². The van der Waals surface area contributed by atoms with Crippen molar-refractivity contribution in [2.24, 2.45) is 0 Å². The van der Waals surface area contributed by atoms with Crippen molar-refractivity contribution in [1.82, 2.24) is 15.2 Å². The van der Waals surface area contributed by atoms with Crippen molar-refractivity contribution < 1.29 is 4.79 Å². The first kappa shape index (κ1) is 17.6. The minimum absolute atomic E-state index is 0.0859. The lowest BCUT2D eigenvalue weighted by molar-refractivity contribution is -0.125. The summed E-state index contributed by atoms with van der Waals surface area (Å²) in [5, 5.41) is 4.32. The van der Waals surface area contributed by atoms with Gasteiger partial charge in [0, 0.05) is 42.3 Å². The summed E-state index contributed by atoms with van der Waals surface area (Å²) in [4.78, 5) is 18.1. The zero-order valence-electron chi connectivity index (χ0n) is 15.6. The number of amides is 1. The van der Waals surface area contributed by atoms with Crippen LogP contribution in [0.1, 0.15) is 24.5 Å². The maximum absolute atomic E-state index is 12.5. The van der Waals surface area contributed by atoms with E-state index >= 15 is 0 Å². The largest absolute Gasteiger partial charge is 0.361 e. The van der Waals surface area contributed by atoms with Gasteiger partial charge in [-0.25, -0.2) is 0 Å². The molecule has 2 heterocycles. The van der Waals surface area contributed by atoms with Crippen LogP contribution in [0.2, 0.25) is 0 Å². The Bertz CT molecular complexity index is 958. The van der Waals surface area contributed by atoms with Gasteiger partial charge in [-0.3, -0.25) is 9.69 Å². The first-order valence-electron chi connectivity index (χ1n) is 9.53. The van der Waals surface area contributed by atoms with Crippen LogP contribution in [0, 0.1) is 0 Å². The number of nitrogens with one attached hydrogen (secondary N) is 2. The van der Waals surface area contributed by atoms with Crippen molar-refractivity contribution >= 4 is 22.4 Å². The Morgan fingerprint density at radius 2 is 1.93 bits per heavy atom. The fourth-order valence-corrected chi connectivity index (χ4v) is 3.72. The summed E-state index contributed by atoms with van der Waals surface area (Å²) >= 11 is 0. The van der Waals surface area contributed by atoms with Crippen LogP contribution in [0.15, 0.2) is 66.9 Å². The molecule has 0 bridgehead atoms. The minimum Gasteiger partial charge on any atom is -0.361 e. The third-order valence-corrected chi connectivity index (χ3v) is 5.41. The third kappa shape index (κ3) is 3.81. The van der Waals surface area contributed by atoms with Gasteiger partial charge in [0.15, 0.2) is 0 Å². The number of carbonyl (C=O) groups excluding carboxylic acids is 1. The summed E-state index contributed by atoms with van der Waals surface area (Å²) < 4.78 is 0. The van der Waals surface area contributed by atoms with E-state index in [0.29, 0.717) is 6.54 Å². The summed E-state index contributed by atoms with van der Waals surface area (Å²) in [6.07, 6.45) is 5.32. The van der Waals surface area contributed by atoms with E-state index in [0.717, 1.165) is 25.1 Å². The van der Waals surface area contributed by atoms with E-state index < -0.39 is 0 Å². The lowest BCUT2D eigenvalue weighted by Gasteiger charge is -2.31. The molecule has 1 unspecified atom stereocenters. The van der Waals surface area contributed by atoms with Crippen molar-refractivity contribution in [3.05, 3.63) is 78.0 Å². The Kier molecular flexibility index (Phi) is 5.07. The predicted octanol–water partition coefficient (Wildman–Crippen LogP) is 3.96. The van der Waals surface area contributed by atoms with Gasteiger partial charge in [-0.05, 0) is 30.5 Å². The second-order valence-corrected chi connectivity index (χ2v) is 7.10. The molecular formula is C23H25N3O. The number of fused-ring (bicyclic) bond motifs is 1. The summed E-state index contributed by atoms with van der Waals surface area (Å²) in [6, 6.07) is 18.3. The molecule has 4 nitrogen and oxygen atoms in total. The van der Waals surface area contributed by atoms with Crippen molar-refractivity contribution in [1.29, 1.82) is 0 Å². The Balaban J connectivity index is 1.38. The number of benzene rings is 2. The highest BCUT2D eigenvalue weighted by Crippen LogP contribution is 2.29. The fourth-order valence-electron chi connectivity index (χ4n) is 3.72. The van der Waals surface area contributed by atoms with Crippen LogP contribution < -0.4 is 5.32 Å². The van der Waals surface area contributed by atoms with Crippen LogP contribution >= 0.6 is 0 Å². The van der Waals surface area contributed by atoms with Gasteiger partial charge in [0.2, 0.25) is 5.91 Å². The van der Waals surface area contributed by atoms with Crippen LogP contribution in [0.5, 0.6) is 0 Å². The van der Waals surface area contributed by atoms with E-state index in [4.69, 9.17) is 0 Å². The molecule has 0 fully saturated rings. The Morgan fingerprint density at radius 3 is 2.70 bits per heavy atom. The summed E-state index contributed by atoms with van der Waals surface area (Å²) in [5.41, 5.74) is 4.94. The maximum atomic E-state index is 12.5. The molecule has 1 aliphatic rings. The molecule has 2 aromatic carbocycles. The van der Waals surface area contributed by atoms with Gasteiger partial charge in [0.05, 0.1) is 6.04 Å². The molecule has 1 aromatic heterocycles. The van der Waals surface area contributed by atoms with E-state index in [-0.39, 0.29) is 11.9 Å². The number of aromatic nitrogens is 1. The Labute approximate surface area is 159 Å². The van der Waals surface area contributed by atoms with Crippen LogP contribution in [0.3, 0.4) is 0 Å². The summed E-state index contributed by atoms with van der Waals surface area (Å²) in [5.74, 6) is 0.0859. The molecule has 138 valence electrons. The van der Waals surface area contributed by atoms with Crippen molar-refractivity contribution in [2.75, 3.05) is 13.1 Å². The van der Waals surface area contributed by atoms with E-state index in [1.807, 2.05) is 37.3 Å². The van der Waals surface area contributed by atoms with Gasteiger partial charge in [-0.2, -0.15) is 0 Å². The average molecular weight is 359 g/mol. The number of hydrogen-bond acceptors (Lipinski definition) is 2. The monoisotopic (exact) mass is 359 g/mol. The minimum atomic E-state index is -0.130. The van der Waals surface area contributed by atoms with Gasteiger partial charge >= 0.3 is 0 Å². The van der Waals surface area contributed by atoms with Crippen molar-refractivity contribution in [3.8, 4) is 0 Å². The smallest absolute Gasteiger partial charge is 0.237 e. The molecule has 0 spiro atoms. The van der Waals surface area contributed by atoms with Gasteiger partial charge in [0.25, 0.3) is 0 Å². The van der Waals surface area contributed by atoms with E-state index in [1.165, 1.54) is 22.0 Å². The number of rotatable bonds is 5. The molecule has 1 atom stereocenters. The highest BCUT2D eigenvalue weighted by Gasteiger charge is 2.23. The third-order valence-electron chi connectivity index (χ3n) is 5.41. The van der Waals surface area contributed by atoms with Gasteiger partial charge < -0.3 is 10.3 Å². The van der Waals surface area contributed by atoms with Crippen LogP contribution in [-0.2, 0) is 11.3 Å². The first-order valence-corrected chi connectivity index (χ1v) is 9.53. The van der Waals surface area contributed by atoms with E-state index in [1.54, 1.807) is 0 Å². The molecule has 27 heavy (non-hydrogen) atoms. The highest BCUT2D eigenvalue weighted by atomic mass is 16.2. The standard InChI is InChI=1S/C23H25N3O/c1-17(23(27)25-15-18-7-3-2-4-8-18)26-13-11-19(12-14-26)21-16-24-22-10-6-5-9-20(21)22/h2-11,16-17,24H,12-15H2,1H3,(H,25,27). The lowest BCUT2D eigenvalue weighted by Crippen LogP contribution is -2.46. The average Bonchev–Trinajstić information content (AvgIpc) is 3.16. The molecule has 4 heteroatoms. The van der Waals surface area contributed by atoms with Crippen LogP contribution in [0.4, 0.5) is 0 Å². The molecule has 3 aromatic rings. The Hall–Kier alpha value is -2.85. The van der Waals surface area contributed by atoms with Gasteiger partial charge in [0.1, 0.15) is 0 Å². The molecule has 0 aliphatic carbocycles. The van der Waals surface area contributed by atoms with Crippen molar-refractivity contribution in [3.63, 3.8) is 0 Å². The molecular weight excluding hydrogens is 334 g/mol. The second-order valence-electron chi connectivity index (χ2n) is 7.10. The number of H-pyrrole nitrogens is 1. The zero-order valence-corrected chi connectivity index (χ0v) is 15.6. The predicted molar refractivity (Wildman–Crippen MR) is 110 cm³/mol. The van der Waals surface area contributed by atoms with Crippen LogP contribution in [0.25, 0.3) is 16.5 Å². The number of hydrogen-bond donors (Lipinski definition) is 2. The van der Waals surface area contributed by atoms with Crippen molar-refractivity contribution in [2.45, 2.75) is 25.9 Å². The molecule has 0 saturated heterocycles. The molecule has 1 aliphatic heterocycles. The molecule has 2 N–H and O–H groups in total. The SMILES string of the molecule is CC(C(=O)NCc1ccccc1)N1CC=C(c2c[nH]c3ccccc23)CC1. The molecule has 1 amide bonds. The number of carbonyl (C=O) groups is 1. The quantitative estimate of drug-likeness (QED) is 0.724. The summed E-state index contributed by atoms with van der Waals surface area (Å²) in [7, 11) is 0.